The molecule has 2 aromatic rings. The molecule has 2 aromatic heterocycles. The molecule has 2 heterocycles. The van der Waals surface area contributed by atoms with Gasteiger partial charge in [-0.25, -0.2) is 9.78 Å². The van der Waals surface area contributed by atoms with Gasteiger partial charge in [0, 0.05) is 24.3 Å². The molecular weight excluding hydrogens is 276 g/mol. The fourth-order valence-corrected chi connectivity index (χ4v) is 2.30. The molecule has 0 spiro atoms. The van der Waals surface area contributed by atoms with Crippen molar-refractivity contribution in [3.05, 3.63) is 35.6 Å². The predicted molar refractivity (Wildman–Crippen MR) is 78.9 cm³/mol. The molecule has 0 radical (unpaired) electrons. The first-order valence-corrected chi connectivity index (χ1v) is 7.18. The number of ether oxygens (including phenoxy) is 1. The summed E-state index contributed by atoms with van der Waals surface area (Å²) in [6.45, 7) is 7.50. The minimum absolute atomic E-state index is 0.222. The largest absolute Gasteiger partial charge is 0.375 e. The first-order chi connectivity index (χ1) is 9.65. The van der Waals surface area contributed by atoms with Crippen molar-refractivity contribution in [2.24, 2.45) is 0 Å². The number of rotatable bonds is 7. The van der Waals surface area contributed by atoms with Gasteiger partial charge in [-0.3, -0.25) is 4.40 Å². The highest BCUT2D eigenvalue weighted by Gasteiger charge is 2.04. The first-order valence-electron chi connectivity index (χ1n) is 6.30. The summed E-state index contributed by atoms with van der Waals surface area (Å²) in [6.07, 6.45) is 3.84. The van der Waals surface area contributed by atoms with E-state index in [-0.39, 0.29) is 6.03 Å². The lowest BCUT2D eigenvalue weighted by molar-refractivity contribution is 0.158. The number of thiazole rings is 1. The third-order valence-electron chi connectivity index (χ3n) is 2.45. The molecule has 0 fully saturated rings. The average molecular weight is 294 g/mol. The van der Waals surface area contributed by atoms with E-state index in [4.69, 9.17) is 4.74 Å². The summed E-state index contributed by atoms with van der Waals surface area (Å²) in [4.78, 5) is 16.8. The predicted octanol–water partition coefficient (Wildman–Crippen LogP) is 1.79. The molecular formula is C13H18N4O2S. The molecule has 0 aliphatic carbocycles. The number of hydrogen-bond donors (Lipinski definition) is 2. The lowest BCUT2D eigenvalue weighted by Gasteiger charge is -2.07. The zero-order chi connectivity index (χ0) is 14.4. The van der Waals surface area contributed by atoms with E-state index < -0.39 is 0 Å². The maximum Gasteiger partial charge on any atom is 0.315 e. The number of urea groups is 1. The molecule has 0 aliphatic rings. The molecule has 0 saturated heterocycles. The number of imidazole rings is 1. The third-order valence-corrected chi connectivity index (χ3v) is 3.22. The van der Waals surface area contributed by atoms with E-state index in [1.165, 1.54) is 0 Å². The van der Waals surface area contributed by atoms with Crippen LogP contribution in [0, 0.1) is 0 Å². The van der Waals surface area contributed by atoms with Crippen LogP contribution in [0.15, 0.2) is 29.9 Å². The van der Waals surface area contributed by atoms with E-state index >= 15 is 0 Å². The summed E-state index contributed by atoms with van der Waals surface area (Å²) in [7, 11) is 0. The second-order valence-corrected chi connectivity index (χ2v) is 5.32. The van der Waals surface area contributed by atoms with Crippen LogP contribution in [-0.4, -0.2) is 35.2 Å². The minimum Gasteiger partial charge on any atom is -0.375 e. The zero-order valence-electron chi connectivity index (χ0n) is 11.4. The first kappa shape index (κ1) is 14.5. The summed E-state index contributed by atoms with van der Waals surface area (Å²) in [6, 6.07) is -0.222. The lowest BCUT2D eigenvalue weighted by Crippen LogP contribution is -2.37. The number of nitrogens with zero attached hydrogens (tertiary/aromatic N) is 2. The smallest absolute Gasteiger partial charge is 0.315 e. The van der Waals surface area contributed by atoms with E-state index in [0.29, 0.717) is 26.3 Å². The number of nitrogens with one attached hydrogen (secondary N) is 2. The van der Waals surface area contributed by atoms with Gasteiger partial charge in [0.05, 0.1) is 25.5 Å². The molecule has 20 heavy (non-hydrogen) atoms. The Labute approximate surface area is 121 Å². The Balaban J connectivity index is 1.62. The van der Waals surface area contributed by atoms with Crippen molar-refractivity contribution < 1.29 is 9.53 Å². The average Bonchev–Trinajstić information content (AvgIpc) is 2.96. The number of carbonyl (C=O) groups is 1. The Kier molecular flexibility index (Phi) is 5.14. The van der Waals surface area contributed by atoms with Gasteiger partial charge in [0.1, 0.15) is 0 Å². The van der Waals surface area contributed by atoms with Crippen molar-refractivity contribution in [1.29, 1.82) is 0 Å². The van der Waals surface area contributed by atoms with E-state index in [1.807, 2.05) is 29.1 Å². The Morgan fingerprint density at radius 3 is 3.15 bits per heavy atom. The lowest BCUT2D eigenvalue weighted by atomic mass is 10.4. The van der Waals surface area contributed by atoms with Crippen molar-refractivity contribution >= 4 is 22.3 Å². The van der Waals surface area contributed by atoms with Gasteiger partial charge < -0.3 is 15.4 Å². The highest BCUT2D eigenvalue weighted by Crippen LogP contribution is 2.10. The van der Waals surface area contributed by atoms with Crippen LogP contribution in [0.3, 0.4) is 0 Å². The molecule has 0 saturated carbocycles. The van der Waals surface area contributed by atoms with Crippen LogP contribution in [0.4, 0.5) is 4.79 Å². The molecule has 108 valence electrons. The normalized spacial score (nSPS) is 10.7. The quantitative estimate of drug-likeness (QED) is 0.604. The molecule has 0 bridgehead atoms. The number of fused-ring (bicyclic) bond motifs is 1. The fraction of sp³-hybridized carbons (Fsp3) is 0.385. The summed E-state index contributed by atoms with van der Waals surface area (Å²) in [5.41, 5.74) is 1.81. The van der Waals surface area contributed by atoms with Crippen LogP contribution in [0.25, 0.3) is 4.96 Å². The second-order valence-electron chi connectivity index (χ2n) is 4.44. The topological polar surface area (TPSA) is 67.7 Å². The van der Waals surface area contributed by atoms with Gasteiger partial charge in [0.25, 0.3) is 0 Å². The second kappa shape index (κ2) is 7.06. The van der Waals surface area contributed by atoms with Crippen molar-refractivity contribution in [3.8, 4) is 0 Å². The molecule has 7 heteroatoms. The van der Waals surface area contributed by atoms with E-state index in [9.17, 15) is 4.79 Å². The Bertz CT molecular complexity index is 561. The molecule has 6 nitrogen and oxygen atoms in total. The number of carbonyl (C=O) groups excluding carboxylic acids is 1. The van der Waals surface area contributed by atoms with Crippen LogP contribution in [0.1, 0.15) is 12.6 Å². The van der Waals surface area contributed by atoms with Gasteiger partial charge in [0.15, 0.2) is 4.96 Å². The van der Waals surface area contributed by atoms with Gasteiger partial charge in [-0.2, -0.15) is 0 Å². The Hall–Kier alpha value is -1.86. The molecule has 2 rings (SSSR count). The van der Waals surface area contributed by atoms with Crippen LogP contribution >= 0.6 is 11.3 Å². The Morgan fingerprint density at radius 1 is 1.55 bits per heavy atom. The van der Waals surface area contributed by atoms with Gasteiger partial charge in [-0.1, -0.05) is 12.2 Å². The summed E-state index contributed by atoms with van der Waals surface area (Å²) >= 11 is 1.56. The van der Waals surface area contributed by atoms with Gasteiger partial charge in [0.2, 0.25) is 0 Å². The van der Waals surface area contributed by atoms with Crippen LogP contribution < -0.4 is 10.6 Å². The van der Waals surface area contributed by atoms with Crippen molar-refractivity contribution in [2.45, 2.75) is 13.5 Å². The zero-order valence-corrected chi connectivity index (χ0v) is 12.2. The molecule has 0 atom stereocenters. The molecule has 2 N–H and O–H groups in total. The fourth-order valence-electron chi connectivity index (χ4n) is 1.58. The van der Waals surface area contributed by atoms with Crippen LogP contribution in [0.2, 0.25) is 0 Å². The van der Waals surface area contributed by atoms with Crippen LogP contribution in [0.5, 0.6) is 0 Å². The van der Waals surface area contributed by atoms with Crippen molar-refractivity contribution in [3.63, 3.8) is 0 Å². The standard InChI is InChI=1S/C13H18N4O2S/c1-10(2)9-19-5-3-14-12(18)15-7-11-8-17-4-6-20-13(17)16-11/h4,6,8H,1,3,5,7,9H2,2H3,(H2,14,15,18). The van der Waals surface area contributed by atoms with E-state index in [1.54, 1.807) is 11.3 Å². The molecule has 0 aliphatic heterocycles. The minimum atomic E-state index is -0.222. The highest BCUT2D eigenvalue weighted by molar-refractivity contribution is 7.15. The van der Waals surface area contributed by atoms with Crippen molar-refractivity contribution in [1.82, 2.24) is 20.0 Å². The molecule has 2 amide bonds. The van der Waals surface area contributed by atoms with Gasteiger partial charge in [-0.15, -0.1) is 11.3 Å². The van der Waals surface area contributed by atoms with Crippen LogP contribution in [-0.2, 0) is 11.3 Å². The molecule has 0 unspecified atom stereocenters. The van der Waals surface area contributed by atoms with Gasteiger partial charge >= 0.3 is 6.03 Å². The highest BCUT2D eigenvalue weighted by atomic mass is 32.1. The van der Waals surface area contributed by atoms with Crippen molar-refractivity contribution in [2.75, 3.05) is 19.8 Å². The summed E-state index contributed by atoms with van der Waals surface area (Å²) in [5.74, 6) is 0. The van der Waals surface area contributed by atoms with Gasteiger partial charge in [-0.05, 0) is 6.92 Å². The Morgan fingerprint density at radius 2 is 2.40 bits per heavy atom. The summed E-state index contributed by atoms with van der Waals surface area (Å²) in [5, 5.41) is 7.44. The van der Waals surface area contributed by atoms with E-state index in [2.05, 4.69) is 22.2 Å². The number of aromatic nitrogens is 2. The number of hydrogen-bond acceptors (Lipinski definition) is 4. The van der Waals surface area contributed by atoms with E-state index in [0.717, 1.165) is 16.2 Å². The third kappa shape index (κ3) is 4.36. The summed E-state index contributed by atoms with van der Waals surface area (Å²) < 4.78 is 7.22. The molecule has 0 aromatic carbocycles. The SMILES string of the molecule is C=C(C)COCCNC(=O)NCc1cn2ccsc2n1. The monoisotopic (exact) mass is 294 g/mol. The number of amides is 2. The maximum absolute atomic E-state index is 11.5. The maximum atomic E-state index is 11.5.